The van der Waals surface area contributed by atoms with E-state index in [9.17, 15) is 9.18 Å². The molecule has 0 aliphatic heterocycles. The molecule has 2 nitrogen and oxygen atoms in total. The molecule has 94 valence electrons. The van der Waals surface area contributed by atoms with E-state index in [4.69, 9.17) is 11.6 Å². The van der Waals surface area contributed by atoms with Gasteiger partial charge in [0.25, 0.3) is 5.91 Å². The minimum absolute atomic E-state index is 0.113. The quantitative estimate of drug-likeness (QED) is 0.615. The Bertz CT molecular complexity index is 382. The highest BCUT2D eigenvalue weighted by atomic mass is 35.5. The van der Waals surface area contributed by atoms with Crippen molar-refractivity contribution in [3.8, 4) is 0 Å². The molecule has 0 unspecified atom stereocenters. The van der Waals surface area contributed by atoms with Gasteiger partial charge in [0.15, 0.2) is 0 Å². The minimum Gasteiger partial charge on any atom is -0.352 e. The van der Waals surface area contributed by atoms with Crippen LogP contribution in [0.2, 0.25) is 0 Å². The Morgan fingerprint density at radius 1 is 1.35 bits per heavy atom. The lowest BCUT2D eigenvalue weighted by Gasteiger charge is -2.07. The summed E-state index contributed by atoms with van der Waals surface area (Å²) in [4.78, 5) is 11.7. The number of hydrogen-bond acceptors (Lipinski definition) is 1. The lowest BCUT2D eigenvalue weighted by Crippen LogP contribution is -2.25. The van der Waals surface area contributed by atoms with Crippen molar-refractivity contribution in [2.75, 3.05) is 12.4 Å². The fourth-order valence-corrected chi connectivity index (χ4v) is 1.71. The van der Waals surface area contributed by atoms with Crippen molar-refractivity contribution in [2.24, 2.45) is 0 Å². The summed E-state index contributed by atoms with van der Waals surface area (Å²) >= 11 is 5.54. The Morgan fingerprint density at radius 2 is 2.12 bits per heavy atom. The summed E-state index contributed by atoms with van der Waals surface area (Å²) in [5, 5.41) is 2.70. The molecule has 0 atom stereocenters. The van der Waals surface area contributed by atoms with Crippen molar-refractivity contribution in [3.63, 3.8) is 0 Å². The van der Waals surface area contributed by atoms with Crippen LogP contribution < -0.4 is 5.32 Å². The van der Waals surface area contributed by atoms with Crippen LogP contribution in [-0.4, -0.2) is 18.3 Å². The van der Waals surface area contributed by atoms with Crippen LogP contribution in [0.4, 0.5) is 4.39 Å². The second-order valence-corrected chi connectivity index (χ2v) is 4.32. The molecule has 1 N–H and O–H groups in total. The summed E-state index contributed by atoms with van der Waals surface area (Å²) in [6.45, 7) is 2.20. The van der Waals surface area contributed by atoms with Crippen molar-refractivity contribution in [3.05, 3.63) is 35.1 Å². The van der Waals surface area contributed by atoms with Gasteiger partial charge in [-0.3, -0.25) is 4.79 Å². The zero-order valence-corrected chi connectivity index (χ0v) is 10.7. The smallest absolute Gasteiger partial charge is 0.254 e. The summed E-state index contributed by atoms with van der Waals surface area (Å²) in [5.74, 6) is -0.150. The van der Waals surface area contributed by atoms with Gasteiger partial charge in [-0.2, -0.15) is 0 Å². The topological polar surface area (TPSA) is 29.1 Å². The van der Waals surface area contributed by atoms with Crippen LogP contribution in [0.25, 0.3) is 0 Å². The maximum Gasteiger partial charge on any atom is 0.254 e. The first kappa shape index (κ1) is 14.0. The average molecular weight is 258 g/mol. The van der Waals surface area contributed by atoms with Gasteiger partial charge in [-0.05, 0) is 31.4 Å². The van der Waals surface area contributed by atoms with Crippen LogP contribution in [-0.2, 0) is 0 Å². The first-order valence-corrected chi connectivity index (χ1v) is 6.29. The molecule has 17 heavy (non-hydrogen) atoms. The van der Waals surface area contributed by atoms with Gasteiger partial charge in [-0.25, -0.2) is 4.39 Å². The third-order valence-electron chi connectivity index (χ3n) is 2.53. The average Bonchev–Trinajstić information content (AvgIpc) is 2.32. The van der Waals surface area contributed by atoms with E-state index < -0.39 is 5.82 Å². The summed E-state index contributed by atoms with van der Waals surface area (Å²) in [6, 6.07) is 4.82. The highest BCUT2D eigenvalue weighted by Crippen LogP contribution is 2.11. The van der Waals surface area contributed by atoms with E-state index in [0.717, 1.165) is 19.3 Å². The Balaban J connectivity index is 2.44. The maximum absolute atomic E-state index is 13.6. The zero-order chi connectivity index (χ0) is 12.7. The van der Waals surface area contributed by atoms with Crippen LogP contribution in [0.15, 0.2) is 18.2 Å². The first-order chi connectivity index (χ1) is 8.16. The molecule has 0 fully saturated rings. The molecule has 0 spiro atoms. The second kappa shape index (κ2) is 7.28. The molecule has 0 radical (unpaired) electrons. The Labute approximate surface area is 106 Å². The molecular formula is C13H17ClFNO. The normalized spacial score (nSPS) is 10.3. The number of benzene rings is 1. The fraction of sp³-hybridized carbons (Fsp3) is 0.462. The Morgan fingerprint density at radius 3 is 2.82 bits per heavy atom. The SMILES string of the molecule is Cc1cccc(C(=O)NCCCCCCl)c1F. The second-order valence-electron chi connectivity index (χ2n) is 3.94. The van der Waals surface area contributed by atoms with Crippen LogP contribution in [0.1, 0.15) is 35.2 Å². The molecule has 0 bridgehead atoms. The summed E-state index contributed by atoms with van der Waals surface area (Å²) in [5.41, 5.74) is 0.599. The monoisotopic (exact) mass is 257 g/mol. The van der Waals surface area contributed by atoms with Gasteiger partial charge in [-0.15, -0.1) is 11.6 Å². The van der Waals surface area contributed by atoms with Gasteiger partial charge in [-0.1, -0.05) is 18.6 Å². The molecule has 0 aromatic heterocycles. The summed E-state index contributed by atoms with van der Waals surface area (Å²) < 4.78 is 13.6. The van der Waals surface area contributed by atoms with E-state index in [1.54, 1.807) is 19.1 Å². The fourth-order valence-electron chi connectivity index (χ4n) is 1.52. The molecule has 0 heterocycles. The molecule has 0 saturated heterocycles. The van der Waals surface area contributed by atoms with E-state index in [1.807, 2.05) is 0 Å². The summed E-state index contributed by atoms with van der Waals surface area (Å²) in [6.07, 6.45) is 2.78. The Hall–Kier alpha value is -1.09. The molecule has 0 aliphatic rings. The van der Waals surface area contributed by atoms with Gasteiger partial charge in [0.05, 0.1) is 5.56 Å². The Kier molecular flexibility index (Phi) is 5.98. The number of halogens is 2. The largest absolute Gasteiger partial charge is 0.352 e. The van der Waals surface area contributed by atoms with Gasteiger partial charge in [0.1, 0.15) is 5.82 Å². The van der Waals surface area contributed by atoms with Gasteiger partial charge >= 0.3 is 0 Å². The van der Waals surface area contributed by atoms with Crippen molar-refractivity contribution in [1.82, 2.24) is 5.32 Å². The molecule has 0 saturated carbocycles. The number of carbonyl (C=O) groups is 1. The molecule has 4 heteroatoms. The first-order valence-electron chi connectivity index (χ1n) is 5.76. The van der Waals surface area contributed by atoms with E-state index >= 15 is 0 Å². The predicted octanol–water partition coefficient (Wildman–Crippen LogP) is 3.27. The minimum atomic E-state index is -0.439. The molecular weight excluding hydrogens is 241 g/mol. The molecule has 1 aromatic rings. The summed E-state index contributed by atoms with van der Waals surface area (Å²) in [7, 11) is 0. The number of nitrogens with one attached hydrogen (secondary N) is 1. The van der Waals surface area contributed by atoms with Gasteiger partial charge < -0.3 is 5.32 Å². The molecule has 1 amide bonds. The standard InChI is InChI=1S/C13H17ClFNO/c1-10-6-5-7-11(12(10)15)13(17)16-9-4-2-3-8-14/h5-7H,2-4,8-9H2,1H3,(H,16,17). The van der Waals surface area contributed by atoms with Gasteiger partial charge in [0, 0.05) is 12.4 Å². The van der Waals surface area contributed by atoms with Gasteiger partial charge in [0.2, 0.25) is 0 Å². The molecule has 1 rings (SSSR count). The van der Waals surface area contributed by atoms with Crippen molar-refractivity contribution < 1.29 is 9.18 Å². The predicted molar refractivity (Wildman–Crippen MR) is 68.0 cm³/mol. The van der Waals surface area contributed by atoms with E-state index in [-0.39, 0.29) is 11.5 Å². The zero-order valence-electron chi connectivity index (χ0n) is 9.93. The third-order valence-corrected chi connectivity index (χ3v) is 2.80. The number of unbranched alkanes of at least 4 members (excludes halogenated alkanes) is 2. The number of hydrogen-bond donors (Lipinski definition) is 1. The van der Waals surface area contributed by atoms with Crippen molar-refractivity contribution >= 4 is 17.5 Å². The van der Waals surface area contributed by atoms with Crippen molar-refractivity contribution in [2.45, 2.75) is 26.2 Å². The number of carbonyl (C=O) groups excluding carboxylic acids is 1. The molecule has 1 aromatic carbocycles. The van der Waals surface area contributed by atoms with Crippen LogP contribution in [0, 0.1) is 12.7 Å². The highest BCUT2D eigenvalue weighted by molar-refractivity contribution is 6.17. The van der Waals surface area contributed by atoms with Crippen LogP contribution in [0.3, 0.4) is 0 Å². The lowest BCUT2D eigenvalue weighted by molar-refractivity contribution is 0.0949. The number of aryl methyl sites for hydroxylation is 1. The number of amides is 1. The highest BCUT2D eigenvalue weighted by Gasteiger charge is 2.11. The third kappa shape index (κ3) is 4.35. The molecule has 0 aliphatic carbocycles. The van der Waals surface area contributed by atoms with Crippen LogP contribution in [0.5, 0.6) is 0 Å². The van der Waals surface area contributed by atoms with E-state index in [0.29, 0.717) is 18.0 Å². The number of alkyl halides is 1. The van der Waals surface area contributed by atoms with Crippen LogP contribution >= 0.6 is 11.6 Å². The van der Waals surface area contributed by atoms with E-state index in [1.165, 1.54) is 6.07 Å². The van der Waals surface area contributed by atoms with E-state index in [2.05, 4.69) is 5.32 Å². The number of rotatable bonds is 6. The maximum atomic E-state index is 13.6. The lowest BCUT2D eigenvalue weighted by atomic mass is 10.1. The van der Waals surface area contributed by atoms with Crippen molar-refractivity contribution in [1.29, 1.82) is 0 Å².